The largest absolute Gasteiger partial charge is 0.489 e. The molecule has 0 bridgehead atoms. The Morgan fingerprint density at radius 1 is 1.13 bits per heavy atom. The third-order valence-corrected chi connectivity index (χ3v) is 3.38. The van der Waals surface area contributed by atoms with E-state index in [0.717, 1.165) is 12.3 Å². The lowest BCUT2D eigenvalue weighted by Crippen LogP contribution is -2.29. The zero-order valence-electron chi connectivity index (χ0n) is 12.0. The molecule has 0 saturated heterocycles. The molecule has 0 spiro atoms. The van der Waals surface area contributed by atoms with Gasteiger partial charge < -0.3 is 4.74 Å². The molecule has 0 aliphatic carbocycles. The highest BCUT2D eigenvalue weighted by atomic mass is 32.2. The number of carbonyl (C=O) groups excluding carboxylic acids is 1. The molecular formula is C15H13F2NO4S. The van der Waals surface area contributed by atoms with E-state index in [9.17, 15) is 22.0 Å². The second-order valence-corrected chi connectivity index (χ2v) is 6.48. The number of halogens is 2. The van der Waals surface area contributed by atoms with E-state index in [1.807, 2.05) is 4.72 Å². The first-order chi connectivity index (χ1) is 10.8. The molecule has 2 rings (SSSR count). The van der Waals surface area contributed by atoms with Crippen molar-refractivity contribution in [3.8, 4) is 5.75 Å². The number of carbonyl (C=O) groups is 1. The standard InChI is InChI=1S/C15H13F2NO4S/c1-23(20,21)18-15(19)10-5-7-12(8-6-10)22-9-11-3-2-4-13(16)14(11)17/h2-8H,9H2,1H3,(H,18,19). The fourth-order valence-corrected chi connectivity index (χ4v) is 2.21. The van der Waals surface area contributed by atoms with Gasteiger partial charge in [0.25, 0.3) is 5.91 Å². The number of sulfonamides is 1. The highest BCUT2D eigenvalue weighted by Crippen LogP contribution is 2.17. The summed E-state index contributed by atoms with van der Waals surface area (Å²) in [5, 5.41) is 0. The van der Waals surface area contributed by atoms with Crippen molar-refractivity contribution >= 4 is 15.9 Å². The summed E-state index contributed by atoms with van der Waals surface area (Å²) in [5.41, 5.74) is 0.184. The van der Waals surface area contributed by atoms with Gasteiger partial charge in [-0.05, 0) is 30.3 Å². The van der Waals surface area contributed by atoms with Gasteiger partial charge in [-0.2, -0.15) is 0 Å². The highest BCUT2D eigenvalue weighted by Gasteiger charge is 2.11. The van der Waals surface area contributed by atoms with E-state index >= 15 is 0 Å². The van der Waals surface area contributed by atoms with E-state index in [-0.39, 0.29) is 17.7 Å². The van der Waals surface area contributed by atoms with Crippen molar-refractivity contribution in [2.45, 2.75) is 6.61 Å². The topological polar surface area (TPSA) is 72.5 Å². The molecule has 5 nitrogen and oxygen atoms in total. The Kier molecular flexibility index (Phi) is 4.95. The molecule has 1 amide bonds. The molecule has 8 heteroatoms. The van der Waals surface area contributed by atoms with Gasteiger partial charge in [0.15, 0.2) is 11.6 Å². The first-order valence-electron chi connectivity index (χ1n) is 6.44. The zero-order valence-corrected chi connectivity index (χ0v) is 12.9. The zero-order chi connectivity index (χ0) is 17.0. The molecule has 0 radical (unpaired) electrons. The summed E-state index contributed by atoms with van der Waals surface area (Å²) in [6, 6.07) is 9.34. The molecule has 0 heterocycles. The summed E-state index contributed by atoms with van der Waals surface area (Å²) in [7, 11) is -3.64. The Hall–Kier alpha value is -2.48. The van der Waals surface area contributed by atoms with Crippen LogP contribution in [-0.2, 0) is 16.6 Å². The average molecular weight is 341 g/mol. The maximum atomic E-state index is 13.5. The monoisotopic (exact) mass is 341 g/mol. The quantitative estimate of drug-likeness (QED) is 0.905. The number of nitrogens with one attached hydrogen (secondary N) is 1. The summed E-state index contributed by atoms with van der Waals surface area (Å²) in [5.74, 6) is -2.38. The normalized spacial score (nSPS) is 11.1. The van der Waals surface area contributed by atoms with Gasteiger partial charge in [0.1, 0.15) is 12.4 Å². The lowest BCUT2D eigenvalue weighted by atomic mass is 10.2. The molecule has 0 aromatic heterocycles. The molecule has 0 fully saturated rings. The van der Waals surface area contributed by atoms with Crippen molar-refractivity contribution in [2.24, 2.45) is 0 Å². The SMILES string of the molecule is CS(=O)(=O)NC(=O)c1ccc(OCc2cccc(F)c2F)cc1. The van der Waals surface area contributed by atoms with Crippen LogP contribution in [0, 0.1) is 11.6 Å². The molecule has 0 saturated carbocycles. The van der Waals surface area contributed by atoms with Gasteiger partial charge in [-0.25, -0.2) is 21.9 Å². The van der Waals surface area contributed by atoms with Crippen LogP contribution in [0.5, 0.6) is 5.75 Å². The second kappa shape index (κ2) is 6.74. The number of amides is 1. The predicted octanol–water partition coefficient (Wildman–Crippen LogP) is 2.23. The van der Waals surface area contributed by atoms with Crippen LogP contribution in [0.2, 0.25) is 0 Å². The van der Waals surface area contributed by atoms with Crippen LogP contribution in [0.3, 0.4) is 0 Å². The number of benzene rings is 2. The van der Waals surface area contributed by atoms with E-state index in [1.54, 1.807) is 0 Å². The van der Waals surface area contributed by atoms with Crippen LogP contribution in [-0.4, -0.2) is 20.6 Å². The van der Waals surface area contributed by atoms with E-state index in [0.29, 0.717) is 5.75 Å². The summed E-state index contributed by atoms with van der Waals surface area (Å²) in [6.45, 7) is -0.182. The van der Waals surface area contributed by atoms with Crippen LogP contribution in [0.4, 0.5) is 8.78 Å². The Morgan fingerprint density at radius 3 is 2.39 bits per heavy atom. The van der Waals surface area contributed by atoms with Crippen molar-refractivity contribution in [3.63, 3.8) is 0 Å². The minimum absolute atomic E-state index is 0.0592. The van der Waals surface area contributed by atoms with Crippen molar-refractivity contribution in [3.05, 3.63) is 65.2 Å². The summed E-state index contributed by atoms with van der Waals surface area (Å²) >= 11 is 0. The van der Waals surface area contributed by atoms with Crippen molar-refractivity contribution in [1.82, 2.24) is 4.72 Å². The van der Waals surface area contributed by atoms with E-state index in [2.05, 4.69) is 0 Å². The Balaban J connectivity index is 2.03. The Labute approximate surface area is 132 Å². The Bertz CT molecular complexity index is 820. The second-order valence-electron chi connectivity index (χ2n) is 4.73. The molecule has 2 aromatic carbocycles. The fourth-order valence-electron chi connectivity index (χ4n) is 1.75. The molecule has 23 heavy (non-hydrogen) atoms. The molecule has 0 atom stereocenters. The van der Waals surface area contributed by atoms with Gasteiger partial charge in [0.2, 0.25) is 10.0 Å². The predicted molar refractivity (Wildman–Crippen MR) is 79.4 cm³/mol. The van der Waals surface area contributed by atoms with Crippen LogP contribution in [0.25, 0.3) is 0 Å². The lowest BCUT2D eigenvalue weighted by molar-refractivity contribution is 0.0981. The van der Waals surface area contributed by atoms with Gasteiger partial charge in [-0.1, -0.05) is 12.1 Å². The van der Waals surface area contributed by atoms with Crippen LogP contribution in [0.1, 0.15) is 15.9 Å². The van der Waals surface area contributed by atoms with E-state index < -0.39 is 27.6 Å². The minimum Gasteiger partial charge on any atom is -0.489 e. The lowest BCUT2D eigenvalue weighted by Gasteiger charge is -2.08. The minimum atomic E-state index is -3.64. The smallest absolute Gasteiger partial charge is 0.264 e. The summed E-state index contributed by atoms with van der Waals surface area (Å²) in [4.78, 5) is 11.6. The fraction of sp³-hybridized carbons (Fsp3) is 0.133. The van der Waals surface area contributed by atoms with E-state index in [4.69, 9.17) is 4.74 Å². The van der Waals surface area contributed by atoms with Crippen molar-refractivity contribution in [1.29, 1.82) is 0 Å². The van der Waals surface area contributed by atoms with Crippen molar-refractivity contribution in [2.75, 3.05) is 6.26 Å². The third kappa shape index (κ3) is 4.75. The molecule has 2 aromatic rings. The first-order valence-corrected chi connectivity index (χ1v) is 8.33. The summed E-state index contributed by atoms with van der Waals surface area (Å²) < 4.78 is 55.6. The van der Waals surface area contributed by atoms with Gasteiger partial charge >= 0.3 is 0 Å². The molecule has 122 valence electrons. The van der Waals surface area contributed by atoms with Crippen molar-refractivity contribution < 1.29 is 26.7 Å². The number of rotatable bonds is 5. The van der Waals surface area contributed by atoms with Crippen LogP contribution < -0.4 is 9.46 Å². The molecule has 0 aliphatic rings. The number of hydrogen-bond acceptors (Lipinski definition) is 4. The number of ether oxygens (including phenoxy) is 1. The highest BCUT2D eigenvalue weighted by molar-refractivity contribution is 7.89. The molecule has 1 N–H and O–H groups in total. The van der Waals surface area contributed by atoms with Crippen LogP contribution >= 0.6 is 0 Å². The average Bonchev–Trinajstić information content (AvgIpc) is 2.47. The maximum absolute atomic E-state index is 13.5. The van der Waals surface area contributed by atoms with Crippen LogP contribution in [0.15, 0.2) is 42.5 Å². The molecule has 0 unspecified atom stereocenters. The van der Waals surface area contributed by atoms with Gasteiger partial charge in [-0.15, -0.1) is 0 Å². The molecule has 0 aliphatic heterocycles. The van der Waals surface area contributed by atoms with Gasteiger partial charge in [-0.3, -0.25) is 4.79 Å². The Morgan fingerprint density at radius 2 is 1.78 bits per heavy atom. The third-order valence-electron chi connectivity index (χ3n) is 2.82. The van der Waals surface area contributed by atoms with E-state index in [1.165, 1.54) is 36.4 Å². The number of hydrogen-bond donors (Lipinski definition) is 1. The van der Waals surface area contributed by atoms with Gasteiger partial charge in [0, 0.05) is 11.1 Å². The summed E-state index contributed by atoms with van der Waals surface area (Å²) in [6.07, 6.45) is 0.871. The maximum Gasteiger partial charge on any atom is 0.264 e. The molecular weight excluding hydrogens is 328 g/mol. The first kappa shape index (κ1) is 16.9. The van der Waals surface area contributed by atoms with Gasteiger partial charge in [0.05, 0.1) is 6.26 Å².